The summed E-state index contributed by atoms with van der Waals surface area (Å²) in [6.07, 6.45) is 12.5. The second-order valence-electron chi connectivity index (χ2n) is 5.06. The van der Waals surface area contributed by atoms with Gasteiger partial charge in [0.25, 0.3) is 0 Å². The van der Waals surface area contributed by atoms with Crippen LogP contribution in [0, 0.1) is 44.0 Å². The molecule has 0 amide bonds. The van der Waals surface area contributed by atoms with Crippen LogP contribution in [0.1, 0.15) is 78.6 Å². The maximum absolute atomic E-state index is 10.7. The Morgan fingerprint density at radius 3 is 2.00 bits per heavy atom. The molecule has 0 fully saturated rings. The average Bonchev–Trinajstić information content (AvgIpc) is 2.45. The van der Waals surface area contributed by atoms with Crippen LogP contribution in [0.3, 0.4) is 0 Å². The van der Waals surface area contributed by atoms with E-state index in [1.54, 1.807) is 0 Å². The molecule has 0 saturated carbocycles. The summed E-state index contributed by atoms with van der Waals surface area (Å²) in [4.78, 5) is 10.7. The fourth-order valence-corrected chi connectivity index (χ4v) is 1.61. The molecule has 0 spiro atoms. The molecule has 0 heterocycles. The monoisotopic (exact) mass is 507 g/mol. The van der Waals surface area contributed by atoms with E-state index < -0.39 is 0 Å². The van der Waals surface area contributed by atoms with Crippen molar-refractivity contribution in [1.29, 1.82) is 0 Å². The molecule has 20 heavy (non-hydrogen) atoms. The van der Waals surface area contributed by atoms with Gasteiger partial charge in [0.1, 0.15) is 0 Å². The Balaban J connectivity index is -0.000000508. The van der Waals surface area contributed by atoms with E-state index in [9.17, 15) is 4.79 Å². The third-order valence-corrected chi connectivity index (χ3v) is 3.05. The molecule has 0 aromatic heterocycles. The van der Waals surface area contributed by atoms with Crippen molar-refractivity contribution in [2.24, 2.45) is 5.92 Å². The molecule has 0 bridgehead atoms. The van der Waals surface area contributed by atoms with Crippen LogP contribution in [0.25, 0.3) is 0 Å². The third kappa shape index (κ3) is 23.8. The van der Waals surface area contributed by atoms with Crippen LogP contribution in [0.5, 0.6) is 0 Å². The minimum absolute atomic E-state index is 0. The molecule has 0 saturated heterocycles. The zero-order valence-electron chi connectivity index (χ0n) is 14.0. The Bertz CT molecular complexity index is 163. The first-order chi connectivity index (χ1) is 9.26. The molecule has 0 rings (SSSR count). The Morgan fingerprint density at radius 1 is 0.950 bits per heavy atom. The molecule has 118 valence electrons. The maximum Gasteiger partial charge on any atom is 2.00 e. The fraction of sp³-hybridized carbons (Fsp3) is 0.882. The standard InChI is InChI=1S/C13H26NO.C4H9.U/c1-3-5-7-8-13(12-15)9-11-14-10-6-4-2;1-3-4-2;/h13-14H,3-11H2,1-2H3;1,3-4H2,2H3;/q2*-1;+2. The van der Waals surface area contributed by atoms with Gasteiger partial charge in [-0.1, -0.05) is 65.7 Å². The van der Waals surface area contributed by atoms with E-state index in [0.29, 0.717) is 0 Å². The number of hydrogen-bond donors (Lipinski definition) is 1. The minimum Gasteiger partial charge on any atom is -0.542 e. The van der Waals surface area contributed by atoms with Crippen molar-refractivity contribution >= 4 is 6.29 Å². The Morgan fingerprint density at radius 2 is 1.55 bits per heavy atom. The number of nitrogens with one attached hydrogen (secondary N) is 1. The second kappa shape index (κ2) is 24.7. The van der Waals surface area contributed by atoms with E-state index in [-0.39, 0.29) is 37.0 Å². The van der Waals surface area contributed by atoms with E-state index in [2.05, 4.69) is 39.3 Å². The zero-order chi connectivity index (χ0) is 14.8. The van der Waals surface area contributed by atoms with Gasteiger partial charge in [-0.2, -0.15) is 6.42 Å². The van der Waals surface area contributed by atoms with Gasteiger partial charge in [0, 0.05) is 0 Å². The number of rotatable bonds is 12. The topological polar surface area (TPSA) is 29.1 Å². The predicted molar refractivity (Wildman–Crippen MR) is 86.0 cm³/mol. The van der Waals surface area contributed by atoms with Gasteiger partial charge < -0.3 is 17.0 Å². The van der Waals surface area contributed by atoms with Crippen molar-refractivity contribution in [3.05, 3.63) is 6.92 Å². The SMILES string of the molecule is CCCCCC([C-]=O)CCNCCCC.[CH2-]CCC.[U+2]. The van der Waals surface area contributed by atoms with E-state index in [0.717, 1.165) is 32.4 Å². The first-order valence-corrected chi connectivity index (χ1v) is 8.14. The van der Waals surface area contributed by atoms with Crippen molar-refractivity contribution in [1.82, 2.24) is 5.32 Å². The van der Waals surface area contributed by atoms with E-state index >= 15 is 0 Å². The summed E-state index contributed by atoms with van der Waals surface area (Å²) in [5.41, 5.74) is 0. The van der Waals surface area contributed by atoms with Crippen molar-refractivity contribution < 1.29 is 35.9 Å². The van der Waals surface area contributed by atoms with Gasteiger partial charge in [-0.05, 0) is 19.5 Å². The van der Waals surface area contributed by atoms with Crippen LogP contribution in [0.2, 0.25) is 0 Å². The Hall–Kier alpha value is 0.682. The van der Waals surface area contributed by atoms with Crippen LogP contribution in [-0.4, -0.2) is 19.4 Å². The molecule has 1 N–H and O–H groups in total. The molecular formula is C17H35NOU. The molecule has 2 nitrogen and oxygen atoms in total. The predicted octanol–water partition coefficient (Wildman–Crippen LogP) is 4.69. The Labute approximate surface area is 151 Å². The van der Waals surface area contributed by atoms with E-state index in [1.807, 2.05) is 0 Å². The fourth-order valence-electron chi connectivity index (χ4n) is 1.61. The molecule has 1 atom stereocenters. The molecule has 0 aliphatic carbocycles. The molecule has 3 heteroatoms. The van der Waals surface area contributed by atoms with Gasteiger partial charge in [0.05, 0.1) is 0 Å². The van der Waals surface area contributed by atoms with Crippen LogP contribution < -0.4 is 5.32 Å². The number of unbranched alkanes of at least 4 members (excludes halogenated alkanes) is 4. The molecule has 0 aliphatic heterocycles. The third-order valence-electron chi connectivity index (χ3n) is 3.05. The quantitative estimate of drug-likeness (QED) is 0.307. The summed E-state index contributed by atoms with van der Waals surface area (Å²) in [5, 5.41) is 3.36. The second-order valence-corrected chi connectivity index (χ2v) is 5.06. The van der Waals surface area contributed by atoms with Crippen molar-refractivity contribution in [3.8, 4) is 0 Å². The van der Waals surface area contributed by atoms with Crippen LogP contribution in [0.4, 0.5) is 0 Å². The smallest absolute Gasteiger partial charge is 0.542 e. The largest absolute Gasteiger partial charge is 2.00 e. The summed E-state index contributed by atoms with van der Waals surface area (Å²) in [7, 11) is 0. The van der Waals surface area contributed by atoms with Gasteiger partial charge in [0.15, 0.2) is 0 Å². The van der Waals surface area contributed by atoms with Crippen molar-refractivity contribution in [3.63, 3.8) is 0 Å². The molecule has 0 aromatic rings. The van der Waals surface area contributed by atoms with Crippen LogP contribution in [0.15, 0.2) is 0 Å². The van der Waals surface area contributed by atoms with E-state index in [1.165, 1.54) is 38.5 Å². The van der Waals surface area contributed by atoms with Gasteiger partial charge in [-0.15, -0.1) is 5.92 Å². The number of hydrogen-bond acceptors (Lipinski definition) is 2. The summed E-state index contributed by atoms with van der Waals surface area (Å²) in [5.74, 6) is 0.158. The van der Waals surface area contributed by atoms with Crippen LogP contribution >= 0.6 is 0 Å². The number of carbonyl (C=O) groups excluding carboxylic acids is 1. The first-order valence-electron chi connectivity index (χ1n) is 8.14. The van der Waals surface area contributed by atoms with E-state index in [4.69, 9.17) is 0 Å². The normalized spacial score (nSPS) is 11.0. The molecule has 1 unspecified atom stereocenters. The summed E-state index contributed by atoms with van der Waals surface area (Å²) >= 11 is 0. The first kappa shape index (κ1) is 25.6. The van der Waals surface area contributed by atoms with Gasteiger partial charge in [0.2, 0.25) is 0 Å². The molecule has 0 aromatic carbocycles. The minimum atomic E-state index is 0. The van der Waals surface area contributed by atoms with Crippen molar-refractivity contribution in [2.75, 3.05) is 13.1 Å². The average molecular weight is 508 g/mol. The maximum atomic E-state index is 10.7. The molecule has 0 aliphatic rings. The van der Waals surface area contributed by atoms with Crippen LogP contribution in [-0.2, 0) is 4.79 Å². The molecular weight excluding hydrogens is 472 g/mol. The van der Waals surface area contributed by atoms with Gasteiger partial charge >= 0.3 is 31.1 Å². The zero-order valence-corrected chi connectivity index (χ0v) is 18.1. The Kier molecular flexibility index (Phi) is 31.6. The van der Waals surface area contributed by atoms with Gasteiger partial charge in [-0.3, -0.25) is 6.29 Å². The summed E-state index contributed by atoms with van der Waals surface area (Å²) < 4.78 is 0. The summed E-state index contributed by atoms with van der Waals surface area (Å²) in [6, 6.07) is 0. The van der Waals surface area contributed by atoms with Crippen molar-refractivity contribution in [2.45, 2.75) is 78.6 Å². The van der Waals surface area contributed by atoms with Gasteiger partial charge in [-0.25, -0.2) is 0 Å². The molecule has 0 radical (unpaired) electrons. The summed E-state index contributed by atoms with van der Waals surface area (Å²) in [6.45, 7) is 12.1.